The summed E-state index contributed by atoms with van der Waals surface area (Å²) in [5.41, 5.74) is 2.15. The second-order valence-corrected chi connectivity index (χ2v) is 4.64. The Morgan fingerprint density at radius 3 is 2.89 bits per heavy atom. The van der Waals surface area contributed by atoms with E-state index in [0.717, 1.165) is 50.4 Å². The fourth-order valence-corrected chi connectivity index (χ4v) is 1.97. The fraction of sp³-hybridized carbons (Fsp3) is 0.438. The molecule has 0 amide bonds. The first-order chi connectivity index (χ1) is 9.40. The Balaban J connectivity index is 1.72. The van der Waals surface area contributed by atoms with Crippen molar-refractivity contribution in [3.63, 3.8) is 0 Å². The average molecular weight is 258 g/mol. The van der Waals surface area contributed by atoms with Gasteiger partial charge in [-0.3, -0.25) is 4.98 Å². The van der Waals surface area contributed by atoms with Crippen molar-refractivity contribution < 1.29 is 4.74 Å². The molecular weight excluding hydrogens is 236 g/mol. The van der Waals surface area contributed by atoms with Gasteiger partial charge < -0.3 is 10.1 Å². The number of hydrogen-bond acceptors (Lipinski definition) is 3. The number of para-hydroxylation sites is 1. The van der Waals surface area contributed by atoms with Crippen molar-refractivity contribution in [1.82, 2.24) is 10.3 Å². The zero-order valence-corrected chi connectivity index (χ0v) is 11.6. The van der Waals surface area contributed by atoms with Gasteiger partial charge in [0.1, 0.15) is 0 Å². The van der Waals surface area contributed by atoms with Crippen LogP contribution in [0.5, 0.6) is 0 Å². The molecule has 0 aliphatic carbocycles. The number of aromatic nitrogens is 1. The molecule has 1 heterocycles. The summed E-state index contributed by atoms with van der Waals surface area (Å²) in [6.07, 6.45) is 2.14. The lowest BCUT2D eigenvalue weighted by atomic mass is 10.2. The van der Waals surface area contributed by atoms with Crippen LogP contribution in [-0.4, -0.2) is 24.7 Å². The molecule has 2 aromatic rings. The van der Waals surface area contributed by atoms with Gasteiger partial charge in [-0.2, -0.15) is 0 Å². The third-order valence-corrected chi connectivity index (χ3v) is 2.95. The Kier molecular flexibility index (Phi) is 5.79. The first-order valence-corrected chi connectivity index (χ1v) is 7.03. The van der Waals surface area contributed by atoms with Gasteiger partial charge in [0.15, 0.2) is 0 Å². The van der Waals surface area contributed by atoms with Gasteiger partial charge in [0.25, 0.3) is 0 Å². The predicted molar refractivity (Wildman–Crippen MR) is 79.2 cm³/mol. The standard InChI is InChI=1S/C16H22N2O/c1-2-11-19-12-5-10-17-13-15-9-8-14-6-3-4-7-16(14)18-15/h3-4,6-9,17H,2,5,10-13H2,1H3. The zero-order valence-electron chi connectivity index (χ0n) is 11.6. The summed E-state index contributed by atoms with van der Waals surface area (Å²) in [6, 6.07) is 12.4. The normalized spacial score (nSPS) is 11.0. The second kappa shape index (κ2) is 7.87. The molecule has 0 spiro atoms. The Bertz CT molecular complexity index is 499. The highest BCUT2D eigenvalue weighted by Crippen LogP contribution is 2.11. The van der Waals surface area contributed by atoms with Crippen molar-refractivity contribution >= 4 is 10.9 Å². The van der Waals surface area contributed by atoms with Crippen molar-refractivity contribution in [3.05, 3.63) is 42.1 Å². The van der Waals surface area contributed by atoms with Crippen molar-refractivity contribution in [3.8, 4) is 0 Å². The topological polar surface area (TPSA) is 34.1 Å². The summed E-state index contributed by atoms with van der Waals surface area (Å²) >= 11 is 0. The summed E-state index contributed by atoms with van der Waals surface area (Å²) in [5, 5.41) is 4.59. The van der Waals surface area contributed by atoms with Gasteiger partial charge in [-0.05, 0) is 31.5 Å². The zero-order chi connectivity index (χ0) is 13.3. The lowest BCUT2D eigenvalue weighted by molar-refractivity contribution is 0.132. The lowest BCUT2D eigenvalue weighted by Gasteiger charge is -2.06. The maximum Gasteiger partial charge on any atom is 0.0705 e. The monoisotopic (exact) mass is 258 g/mol. The Morgan fingerprint density at radius 1 is 1.11 bits per heavy atom. The molecule has 102 valence electrons. The van der Waals surface area contributed by atoms with E-state index in [1.807, 2.05) is 12.1 Å². The highest BCUT2D eigenvalue weighted by Gasteiger charge is 1.97. The molecule has 0 unspecified atom stereocenters. The summed E-state index contributed by atoms with van der Waals surface area (Å²) in [4.78, 5) is 4.63. The van der Waals surface area contributed by atoms with Crippen LogP contribution in [0.25, 0.3) is 10.9 Å². The largest absolute Gasteiger partial charge is 0.381 e. The molecule has 0 aliphatic heterocycles. The lowest BCUT2D eigenvalue weighted by Crippen LogP contribution is -2.17. The molecule has 0 fully saturated rings. The molecule has 0 radical (unpaired) electrons. The smallest absolute Gasteiger partial charge is 0.0705 e. The van der Waals surface area contributed by atoms with Gasteiger partial charge in [0, 0.05) is 25.1 Å². The van der Waals surface area contributed by atoms with E-state index in [9.17, 15) is 0 Å². The molecule has 1 aromatic carbocycles. The summed E-state index contributed by atoms with van der Waals surface area (Å²) in [7, 11) is 0. The van der Waals surface area contributed by atoms with E-state index in [-0.39, 0.29) is 0 Å². The van der Waals surface area contributed by atoms with E-state index in [4.69, 9.17) is 4.74 Å². The predicted octanol–water partition coefficient (Wildman–Crippen LogP) is 3.14. The van der Waals surface area contributed by atoms with Gasteiger partial charge in [-0.25, -0.2) is 0 Å². The number of benzene rings is 1. The minimum atomic E-state index is 0.818. The third-order valence-electron chi connectivity index (χ3n) is 2.95. The molecule has 0 saturated heterocycles. The molecule has 0 atom stereocenters. The van der Waals surface area contributed by atoms with Gasteiger partial charge in [0.05, 0.1) is 11.2 Å². The second-order valence-electron chi connectivity index (χ2n) is 4.64. The first kappa shape index (κ1) is 14.0. The van der Waals surface area contributed by atoms with E-state index in [1.165, 1.54) is 5.39 Å². The Morgan fingerprint density at radius 2 is 2.00 bits per heavy atom. The maximum atomic E-state index is 5.44. The van der Waals surface area contributed by atoms with E-state index < -0.39 is 0 Å². The van der Waals surface area contributed by atoms with Crippen LogP contribution in [-0.2, 0) is 11.3 Å². The van der Waals surface area contributed by atoms with Crippen LogP contribution in [0.15, 0.2) is 36.4 Å². The van der Waals surface area contributed by atoms with Gasteiger partial charge in [0.2, 0.25) is 0 Å². The molecule has 0 bridgehead atoms. The summed E-state index contributed by atoms with van der Waals surface area (Å²) < 4.78 is 5.44. The average Bonchev–Trinajstić information content (AvgIpc) is 2.46. The van der Waals surface area contributed by atoms with E-state index >= 15 is 0 Å². The van der Waals surface area contributed by atoms with Crippen LogP contribution in [0.2, 0.25) is 0 Å². The van der Waals surface area contributed by atoms with Crippen molar-refractivity contribution in [1.29, 1.82) is 0 Å². The number of hydrogen-bond donors (Lipinski definition) is 1. The molecule has 0 saturated carbocycles. The minimum Gasteiger partial charge on any atom is -0.381 e. The molecule has 1 aromatic heterocycles. The minimum absolute atomic E-state index is 0.818. The number of rotatable bonds is 8. The van der Waals surface area contributed by atoms with Crippen LogP contribution in [0.3, 0.4) is 0 Å². The maximum absolute atomic E-state index is 5.44. The quantitative estimate of drug-likeness (QED) is 0.739. The highest BCUT2D eigenvalue weighted by atomic mass is 16.5. The van der Waals surface area contributed by atoms with Crippen molar-refractivity contribution in [2.75, 3.05) is 19.8 Å². The highest BCUT2D eigenvalue weighted by molar-refractivity contribution is 5.78. The Labute approximate surface area is 115 Å². The molecule has 2 rings (SSSR count). The van der Waals surface area contributed by atoms with E-state index in [0.29, 0.717) is 0 Å². The number of nitrogens with one attached hydrogen (secondary N) is 1. The molecule has 0 aliphatic rings. The molecular formula is C16H22N2O. The van der Waals surface area contributed by atoms with Crippen molar-refractivity contribution in [2.24, 2.45) is 0 Å². The Hall–Kier alpha value is -1.45. The van der Waals surface area contributed by atoms with Crippen LogP contribution >= 0.6 is 0 Å². The van der Waals surface area contributed by atoms with Gasteiger partial charge >= 0.3 is 0 Å². The van der Waals surface area contributed by atoms with Gasteiger partial charge in [-0.1, -0.05) is 31.2 Å². The SMILES string of the molecule is CCCOCCCNCc1ccc2ccccc2n1. The number of ether oxygens (including phenoxy) is 1. The summed E-state index contributed by atoms with van der Waals surface area (Å²) in [6.45, 7) is 5.62. The van der Waals surface area contributed by atoms with Crippen LogP contribution in [0.1, 0.15) is 25.5 Å². The van der Waals surface area contributed by atoms with Crippen LogP contribution in [0, 0.1) is 0 Å². The van der Waals surface area contributed by atoms with E-state index in [2.05, 4.69) is 41.5 Å². The van der Waals surface area contributed by atoms with Crippen LogP contribution in [0.4, 0.5) is 0 Å². The van der Waals surface area contributed by atoms with Crippen LogP contribution < -0.4 is 5.32 Å². The van der Waals surface area contributed by atoms with Gasteiger partial charge in [-0.15, -0.1) is 0 Å². The summed E-state index contributed by atoms with van der Waals surface area (Å²) in [5.74, 6) is 0. The number of fused-ring (bicyclic) bond motifs is 1. The number of pyridine rings is 1. The van der Waals surface area contributed by atoms with E-state index in [1.54, 1.807) is 0 Å². The molecule has 3 nitrogen and oxygen atoms in total. The molecule has 3 heteroatoms. The third kappa shape index (κ3) is 4.62. The first-order valence-electron chi connectivity index (χ1n) is 7.03. The number of nitrogens with zero attached hydrogens (tertiary/aromatic N) is 1. The molecule has 19 heavy (non-hydrogen) atoms. The molecule has 1 N–H and O–H groups in total. The fourth-order valence-electron chi connectivity index (χ4n) is 1.97. The van der Waals surface area contributed by atoms with Crippen molar-refractivity contribution in [2.45, 2.75) is 26.3 Å².